The molecule has 0 saturated heterocycles. The Morgan fingerprint density at radius 2 is 2.00 bits per heavy atom. The van der Waals surface area contributed by atoms with Crippen LogP contribution in [-0.2, 0) is 14.6 Å². The molecule has 0 saturated carbocycles. The van der Waals surface area contributed by atoms with Crippen molar-refractivity contribution in [3.63, 3.8) is 0 Å². The number of carbonyl (C=O) groups excluding carboxylic acids is 1. The predicted octanol–water partition coefficient (Wildman–Crippen LogP) is 2.74. The molecule has 0 aromatic rings. The van der Waals surface area contributed by atoms with Crippen LogP contribution in [0.3, 0.4) is 0 Å². The molecular weight excluding hydrogens is 292 g/mol. The smallest absolute Gasteiger partial charge is 0.339 e. The van der Waals surface area contributed by atoms with Gasteiger partial charge < -0.3 is 4.90 Å². The molecule has 0 radical (unpaired) electrons. The normalized spacial score (nSPS) is 25.4. The molecule has 0 aliphatic heterocycles. The quantitative estimate of drug-likeness (QED) is 0.428. The highest BCUT2D eigenvalue weighted by Gasteiger charge is 2.47. The zero-order chi connectivity index (χ0) is 16.2. The lowest BCUT2D eigenvalue weighted by Crippen LogP contribution is -2.54. The van der Waals surface area contributed by atoms with Crippen LogP contribution in [0.5, 0.6) is 0 Å². The van der Waals surface area contributed by atoms with Crippen molar-refractivity contribution in [1.82, 2.24) is 9.80 Å². The molecule has 1 aliphatic carbocycles. The number of likely N-dealkylation sites (N-methyl/N-ethyl adjacent to an activating group) is 1. The van der Waals surface area contributed by atoms with Crippen molar-refractivity contribution in [1.29, 1.82) is 0 Å². The van der Waals surface area contributed by atoms with Crippen molar-refractivity contribution in [2.45, 2.75) is 32.4 Å². The molecule has 2 atom stereocenters. The van der Waals surface area contributed by atoms with Crippen molar-refractivity contribution in [2.24, 2.45) is 5.92 Å². The molecule has 0 N–H and O–H groups in total. The first-order chi connectivity index (χ1) is 9.76. The third-order valence-corrected chi connectivity index (χ3v) is 3.91. The summed E-state index contributed by atoms with van der Waals surface area (Å²) in [6.07, 6.45) is 5.46. The molecule has 1 rings (SSSR count). The maximum absolute atomic E-state index is 11.2. The summed E-state index contributed by atoms with van der Waals surface area (Å²) in [5.74, 6) is -0.517. The lowest BCUT2D eigenvalue weighted by molar-refractivity contribution is -0.359. The van der Waals surface area contributed by atoms with Gasteiger partial charge >= 0.3 is 5.97 Å². The second kappa shape index (κ2) is 7.29. The van der Waals surface area contributed by atoms with Crippen LogP contribution in [0.2, 0.25) is 0 Å². The minimum Gasteiger partial charge on any atom is -0.379 e. The third kappa shape index (κ3) is 3.78. The molecule has 0 aromatic heterocycles. The maximum Gasteiger partial charge on any atom is 0.339 e. The van der Waals surface area contributed by atoms with Gasteiger partial charge in [0.15, 0.2) is 5.72 Å². The first kappa shape index (κ1) is 18.0. The number of rotatable bonds is 6. The van der Waals surface area contributed by atoms with Crippen molar-refractivity contribution in [2.75, 3.05) is 28.2 Å². The minimum atomic E-state index is -0.861. The largest absolute Gasteiger partial charge is 0.379 e. The first-order valence-corrected chi connectivity index (χ1v) is 7.44. The van der Waals surface area contributed by atoms with E-state index in [1.807, 2.05) is 44.1 Å². The van der Waals surface area contributed by atoms with Gasteiger partial charge in [-0.05, 0) is 32.7 Å². The standard InChI is InChI=1S/C15H25ClN2O3/c1-7-8-12-14(17(3)4)13(16)9-10-15(12,18(5)6)21-20-11(2)19/h9-10,12H,7-8H2,1-6H3. The monoisotopic (exact) mass is 316 g/mol. The summed E-state index contributed by atoms with van der Waals surface area (Å²) in [6, 6.07) is 0. The topological polar surface area (TPSA) is 42.0 Å². The molecule has 5 nitrogen and oxygen atoms in total. The molecule has 120 valence electrons. The molecule has 6 heteroatoms. The Balaban J connectivity index is 3.28. The summed E-state index contributed by atoms with van der Waals surface area (Å²) in [6.45, 7) is 3.42. The summed E-state index contributed by atoms with van der Waals surface area (Å²) in [5.41, 5.74) is 0.113. The van der Waals surface area contributed by atoms with E-state index in [2.05, 4.69) is 6.92 Å². The molecule has 0 fully saturated rings. The van der Waals surface area contributed by atoms with Crippen molar-refractivity contribution in [3.05, 3.63) is 22.9 Å². The highest BCUT2D eigenvalue weighted by molar-refractivity contribution is 6.31. The van der Waals surface area contributed by atoms with Gasteiger partial charge in [0.1, 0.15) is 0 Å². The van der Waals surface area contributed by atoms with E-state index in [9.17, 15) is 4.79 Å². The van der Waals surface area contributed by atoms with Crippen LogP contribution >= 0.6 is 11.6 Å². The second-order valence-electron chi connectivity index (χ2n) is 5.61. The highest BCUT2D eigenvalue weighted by atomic mass is 35.5. The summed E-state index contributed by atoms with van der Waals surface area (Å²) in [4.78, 5) is 25.5. The van der Waals surface area contributed by atoms with E-state index in [0.717, 1.165) is 18.5 Å². The Bertz CT molecular complexity index is 446. The Morgan fingerprint density at radius 1 is 1.38 bits per heavy atom. The Hall–Kier alpha value is -1.04. The number of halogens is 1. The van der Waals surface area contributed by atoms with Gasteiger partial charge in [0.25, 0.3) is 0 Å². The lowest BCUT2D eigenvalue weighted by atomic mass is 9.83. The molecule has 21 heavy (non-hydrogen) atoms. The number of carbonyl (C=O) groups is 1. The van der Waals surface area contributed by atoms with Crippen molar-refractivity contribution >= 4 is 17.6 Å². The molecular formula is C15H25ClN2O3. The Morgan fingerprint density at radius 3 is 2.43 bits per heavy atom. The predicted molar refractivity (Wildman–Crippen MR) is 83.4 cm³/mol. The van der Waals surface area contributed by atoms with Crippen molar-refractivity contribution < 1.29 is 14.6 Å². The van der Waals surface area contributed by atoms with Gasteiger partial charge in [0.05, 0.1) is 11.0 Å². The Kier molecular flexibility index (Phi) is 6.25. The van der Waals surface area contributed by atoms with E-state index in [0.29, 0.717) is 5.03 Å². The van der Waals surface area contributed by atoms with Crippen LogP contribution in [0.4, 0.5) is 0 Å². The molecule has 0 aromatic carbocycles. The summed E-state index contributed by atoms with van der Waals surface area (Å²) in [5, 5.41) is 0.683. The van der Waals surface area contributed by atoms with Crippen molar-refractivity contribution in [3.8, 4) is 0 Å². The lowest BCUT2D eigenvalue weighted by Gasteiger charge is -2.45. The molecule has 1 aliphatic rings. The van der Waals surface area contributed by atoms with E-state index in [1.165, 1.54) is 6.92 Å². The molecule has 0 bridgehead atoms. The van der Waals surface area contributed by atoms with E-state index < -0.39 is 11.7 Å². The van der Waals surface area contributed by atoms with Gasteiger partial charge in [0.2, 0.25) is 0 Å². The summed E-state index contributed by atoms with van der Waals surface area (Å²) < 4.78 is 0. The number of nitrogens with zero attached hydrogens (tertiary/aromatic N) is 2. The van der Waals surface area contributed by atoms with Gasteiger partial charge in [0, 0.05) is 26.7 Å². The molecule has 0 heterocycles. The number of hydrogen-bond donors (Lipinski definition) is 0. The molecule has 0 spiro atoms. The van der Waals surface area contributed by atoms with E-state index >= 15 is 0 Å². The minimum absolute atomic E-state index is 0.0376. The molecule has 0 amide bonds. The van der Waals surface area contributed by atoms with Crippen LogP contribution in [0.25, 0.3) is 0 Å². The van der Waals surface area contributed by atoms with Gasteiger partial charge in [-0.2, -0.15) is 4.89 Å². The van der Waals surface area contributed by atoms with Gasteiger partial charge in [-0.15, -0.1) is 0 Å². The Labute approximate surface area is 132 Å². The summed E-state index contributed by atoms with van der Waals surface area (Å²) >= 11 is 6.37. The third-order valence-electron chi connectivity index (χ3n) is 3.59. The van der Waals surface area contributed by atoms with Crippen LogP contribution in [-0.4, -0.2) is 49.7 Å². The van der Waals surface area contributed by atoms with E-state index in [1.54, 1.807) is 6.08 Å². The average Bonchev–Trinajstić information content (AvgIpc) is 2.37. The van der Waals surface area contributed by atoms with Crippen LogP contribution in [0.15, 0.2) is 22.9 Å². The number of hydrogen-bond acceptors (Lipinski definition) is 5. The fourth-order valence-electron chi connectivity index (χ4n) is 2.66. The average molecular weight is 317 g/mol. The van der Waals surface area contributed by atoms with Gasteiger partial charge in [-0.25, -0.2) is 4.79 Å². The highest BCUT2D eigenvalue weighted by Crippen LogP contribution is 2.42. The van der Waals surface area contributed by atoms with E-state index in [4.69, 9.17) is 21.4 Å². The maximum atomic E-state index is 11.2. The fraction of sp³-hybridized carbons (Fsp3) is 0.667. The van der Waals surface area contributed by atoms with Crippen LogP contribution in [0, 0.1) is 5.92 Å². The van der Waals surface area contributed by atoms with Gasteiger partial charge in [-0.3, -0.25) is 9.79 Å². The molecule has 2 unspecified atom stereocenters. The summed E-state index contributed by atoms with van der Waals surface area (Å²) in [7, 11) is 7.68. The fourth-order valence-corrected chi connectivity index (χ4v) is 3.02. The first-order valence-electron chi connectivity index (χ1n) is 7.06. The van der Waals surface area contributed by atoms with Gasteiger partial charge in [-0.1, -0.05) is 24.9 Å². The van der Waals surface area contributed by atoms with E-state index in [-0.39, 0.29) is 5.92 Å². The zero-order valence-electron chi connectivity index (χ0n) is 13.6. The van der Waals surface area contributed by atoms with Crippen LogP contribution < -0.4 is 0 Å². The number of allylic oxidation sites excluding steroid dienone is 2. The zero-order valence-corrected chi connectivity index (χ0v) is 14.4. The SMILES string of the molecule is CCCC1C(N(C)C)=C(Cl)C=CC1(OOC(C)=O)N(C)C. The second-order valence-corrected chi connectivity index (χ2v) is 6.01. The van der Waals surface area contributed by atoms with Crippen LogP contribution in [0.1, 0.15) is 26.7 Å².